The first-order valence-corrected chi connectivity index (χ1v) is 13.9. The van der Waals surface area contributed by atoms with Crippen molar-refractivity contribution >= 4 is 29.2 Å². The van der Waals surface area contributed by atoms with Crippen LogP contribution in [-0.4, -0.2) is 42.4 Å². The Labute approximate surface area is 220 Å². The van der Waals surface area contributed by atoms with E-state index in [1.165, 1.54) is 20.0 Å². The standard InChI is InChI=1S/C30H41N3O4/c1-5-33-25-11-8-20-21-9-7-19(29(21,2)14-12-22(20)30(25,3)15-13-27(33)35)17-26(34)32-24-10-6-18(16-23(24)31)28(36)37-4/h6,10,13,15-16,19-22,25H,5,7-9,11-12,14,17,31H2,1-4H3,(H,32,34)/t19-,20+,21+,22+,25-,29-,30-/m1/s1. The number of carbonyl (C=O) groups excluding carboxylic acids is 3. The lowest BCUT2D eigenvalue weighted by Crippen LogP contribution is -2.60. The van der Waals surface area contributed by atoms with Gasteiger partial charge in [-0.25, -0.2) is 4.79 Å². The molecule has 0 aromatic heterocycles. The number of carbonyl (C=O) groups is 3. The minimum Gasteiger partial charge on any atom is -0.465 e. The van der Waals surface area contributed by atoms with Crippen molar-refractivity contribution in [3.8, 4) is 0 Å². The number of amides is 2. The maximum atomic E-state index is 13.1. The Morgan fingerprint density at radius 3 is 2.62 bits per heavy atom. The molecule has 4 aliphatic rings. The molecular weight excluding hydrogens is 466 g/mol. The summed E-state index contributed by atoms with van der Waals surface area (Å²) in [6.07, 6.45) is 11.3. The first kappa shape index (κ1) is 25.8. The van der Waals surface area contributed by atoms with E-state index in [1.54, 1.807) is 18.2 Å². The molecular formula is C30H41N3O4. The predicted molar refractivity (Wildman–Crippen MR) is 144 cm³/mol. The third-order valence-electron chi connectivity index (χ3n) is 10.7. The fourth-order valence-electron chi connectivity index (χ4n) is 8.76. The topological polar surface area (TPSA) is 102 Å². The monoisotopic (exact) mass is 507 g/mol. The van der Waals surface area contributed by atoms with E-state index in [4.69, 9.17) is 10.5 Å². The molecule has 1 aromatic carbocycles. The number of benzene rings is 1. The smallest absolute Gasteiger partial charge is 0.337 e. The van der Waals surface area contributed by atoms with Gasteiger partial charge in [0.15, 0.2) is 0 Å². The molecule has 2 amide bonds. The van der Waals surface area contributed by atoms with Crippen LogP contribution in [0.25, 0.3) is 0 Å². The first-order chi connectivity index (χ1) is 17.6. The van der Waals surface area contributed by atoms with Crippen LogP contribution in [0.4, 0.5) is 11.4 Å². The number of hydrogen-bond acceptors (Lipinski definition) is 5. The van der Waals surface area contributed by atoms with Crippen LogP contribution in [0.1, 0.15) is 76.1 Å². The van der Waals surface area contributed by atoms with E-state index in [1.807, 2.05) is 6.08 Å². The van der Waals surface area contributed by atoms with Crippen molar-refractivity contribution in [1.82, 2.24) is 4.90 Å². The fraction of sp³-hybridized carbons (Fsp3) is 0.633. The van der Waals surface area contributed by atoms with Crippen molar-refractivity contribution in [2.45, 2.75) is 71.8 Å². The Balaban J connectivity index is 1.28. The number of nitrogens with two attached hydrogens (primary N) is 1. The molecule has 0 radical (unpaired) electrons. The van der Waals surface area contributed by atoms with Gasteiger partial charge in [0.2, 0.25) is 11.8 Å². The van der Waals surface area contributed by atoms with Gasteiger partial charge in [-0.05, 0) is 98.8 Å². The van der Waals surface area contributed by atoms with Gasteiger partial charge in [-0.2, -0.15) is 0 Å². The van der Waals surface area contributed by atoms with Crippen LogP contribution in [0.3, 0.4) is 0 Å². The van der Waals surface area contributed by atoms with Gasteiger partial charge in [-0.3, -0.25) is 9.59 Å². The molecule has 37 heavy (non-hydrogen) atoms. The zero-order chi connectivity index (χ0) is 26.5. The lowest BCUT2D eigenvalue weighted by atomic mass is 9.47. The second-order valence-electron chi connectivity index (χ2n) is 12.2. The van der Waals surface area contributed by atoms with Crippen molar-refractivity contribution in [2.24, 2.45) is 34.5 Å². The second-order valence-corrected chi connectivity index (χ2v) is 12.2. The summed E-state index contributed by atoms with van der Waals surface area (Å²) < 4.78 is 4.75. The lowest BCUT2D eigenvalue weighted by Gasteiger charge is -2.60. The van der Waals surface area contributed by atoms with E-state index in [2.05, 4.69) is 37.1 Å². The van der Waals surface area contributed by atoms with Crippen molar-refractivity contribution < 1.29 is 19.1 Å². The zero-order valence-electron chi connectivity index (χ0n) is 22.6. The molecule has 0 saturated heterocycles. The molecule has 7 nitrogen and oxygen atoms in total. The Morgan fingerprint density at radius 2 is 1.92 bits per heavy atom. The number of nitrogen functional groups attached to an aromatic ring is 1. The summed E-state index contributed by atoms with van der Waals surface area (Å²) in [7, 11) is 1.33. The van der Waals surface area contributed by atoms with E-state index >= 15 is 0 Å². The molecule has 3 N–H and O–H groups in total. The van der Waals surface area contributed by atoms with Crippen LogP contribution < -0.4 is 11.1 Å². The Hall–Kier alpha value is -2.83. The summed E-state index contributed by atoms with van der Waals surface area (Å²) in [5.41, 5.74) is 7.57. The molecule has 1 aliphatic heterocycles. The quantitative estimate of drug-likeness (QED) is 0.430. The second kappa shape index (κ2) is 9.48. The molecule has 0 unspecified atom stereocenters. The van der Waals surface area contributed by atoms with E-state index in [0.29, 0.717) is 53.1 Å². The van der Waals surface area contributed by atoms with Gasteiger partial charge in [-0.15, -0.1) is 0 Å². The molecule has 5 rings (SSSR count). The van der Waals surface area contributed by atoms with Crippen LogP contribution in [0.15, 0.2) is 30.4 Å². The third kappa shape index (κ3) is 4.15. The van der Waals surface area contributed by atoms with Gasteiger partial charge in [0.1, 0.15) is 0 Å². The minimum absolute atomic E-state index is 0.0190. The number of ether oxygens (including phenoxy) is 1. The summed E-state index contributed by atoms with van der Waals surface area (Å²) in [6.45, 7) is 7.67. The summed E-state index contributed by atoms with van der Waals surface area (Å²) in [5.74, 6) is 1.88. The highest BCUT2D eigenvalue weighted by molar-refractivity contribution is 5.97. The molecule has 0 spiro atoms. The first-order valence-electron chi connectivity index (χ1n) is 13.9. The Kier molecular flexibility index (Phi) is 6.61. The lowest BCUT2D eigenvalue weighted by molar-refractivity contribution is -0.141. The molecule has 3 fully saturated rings. The molecule has 3 saturated carbocycles. The normalized spacial score (nSPS) is 36.4. The molecule has 0 bridgehead atoms. The number of likely N-dealkylation sites (N-methyl/N-ethyl adjacent to an activating group) is 1. The molecule has 200 valence electrons. The maximum absolute atomic E-state index is 13.1. The summed E-state index contributed by atoms with van der Waals surface area (Å²) in [5, 5.41) is 2.99. The van der Waals surface area contributed by atoms with Crippen LogP contribution in [0.5, 0.6) is 0 Å². The van der Waals surface area contributed by atoms with Crippen molar-refractivity contribution in [2.75, 3.05) is 24.7 Å². The average Bonchev–Trinajstić information content (AvgIpc) is 3.21. The SMILES string of the molecule is CCN1C(=O)C=C[C@]2(C)[C@H]3CC[C@]4(C)[C@@H](CC(=O)Nc5ccc(C(=O)OC)cc5N)CC[C@H]4[C@@H]3CC[C@@H]12. The number of rotatable bonds is 5. The zero-order valence-corrected chi connectivity index (χ0v) is 22.6. The van der Waals surface area contributed by atoms with Gasteiger partial charge < -0.3 is 20.7 Å². The number of methoxy groups -OCH3 is 1. The van der Waals surface area contributed by atoms with Crippen molar-refractivity contribution in [1.29, 1.82) is 0 Å². The number of anilines is 2. The largest absolute Gasteiger partial charge is 0.465 e. The number of nitrogens with zero attached hydrogens (tertiary/aromatic N) is 1. The van der Waals surface area contributed by atoms with Crippen molar-refractivity contribution in [3.05, 3.63) is 35.9 Å². The molecule has 7 heteroatoms. The minimum atomic E-state index is -0.453. The summed E-state index contributed by atoms with van der Waals surface area (Å²) >= 11 is 0. The molecule has 1 heterocycles. The summed E-state index contributed by atoms with van der Waals surface area (Å²) in [4.78, 5) is 39.5. The van der Waals surface area contributed by atoms with Crippen LogP contribution >= 0.6 is 0 Å². The molecule has 3 aliphatic carbocycles. The van der Waals surface area contributed by atoms with Gasteiger partial charge in [0, 0.05) is 24.4 Å². The average molecular weight is 508 g/mol. The molecule has 1 aromatic rings. The highest BCUT2D eigenvalue weighted by Crippen LogP contribution is 2.66. The Bertz CT molecular complexity index is 1130. The Morgan fingerprint density at radius 1 is 1.14 bits per heavy atom. The number of esters is 1. The van der Waals surface area contributed by atoms with Crippen LogP contribution in [0.2, 0.25) is 0 Å². The van der Waals surface area contributed by atoms with E-state index < -0.39 is 5.97 Å². The van der Waals surface area contributed by atoms with Gasteiger partial charge >= 0.3 is 5.97 Å². The van der Waals surface area contributed by atoms with E-state index in [9.17, 15) is 14.4 Å². The van der Waals surface area contributed by atoms with Crippen LogP contribution in [0, 0.1) is 34.5 Å². The highest BCUT2D eigenvalue weighted by atomic mass is 16.5. The molecule has 7 atom stereocenters. The summed E-state index contributed by atoms with van der Waals surface area (Å²) in [6, 6.07) is 5.14. The fourth-order valence-corrected chi connectivity index (χ4v) is 8.76. The number of hydrogen-bond donors (Lipinski definition) is 2. The van der Waals surface area contributed by atoms with Gasteiger partial charge in [-0.1, -0.05) is 19.9 Å². The van der Waals surface area contributed by atoms with Crippen molar-refractivity contribution in [3.63, 3.8) is 0 Å². The predicted octanol–water partition coefficient (Wildman–Crippen LogP) is 5.03. The highest BCUT2D eigenvalue weighted by Gasteiger charge is 2.60. The van der Waals surface area contributed by atoms with Gasteiger partial charge in [0.05, 0.1) is 24.0 Å². The van der Waals surface area contributed by atoms with Gasteiger partial charge in [0.25, 0.3) is 0 Å². The van der Waals surface area contributed by atoms with E-state index in [0.717, 1.165) is 32.2 Å². The van der Waals surface area contributed by atoms with E-state index in [-0.39, 0.29) is 22.6 Å². The van der Waals surface area contributed by atoms with Crippen LogP contribution in [-0.2, 0) is 14.3 Å². The number of fused-ring (bicyclic) bond motifs is 5. The third-order valence-corrected chi connectivity index (χ3v) is 10.7. The number of nitrogens with one attached hydrogen (secondary N) is 1. The maximum Gasteiger partial charge on any atom is 0.337 e.